The van der Waals surface area contributed by atoms with Crippen molar-refractivity contribution in [2.24, 2.45) is 5.92 Å². The summed E-state index contributed by atoms with van der Waals surface area (Å²) in [5.41, 5.74) is 5.98. The minimum Gasteiger partial charge on any atom is -0.366 e. The fourth-order valence-corrected chi connectivity index (χ4v) is 4.50. The monoisotopic (exact) mass is 402 g/mol. The highest BCUT2D eigenvalue weighted by Crippen LogP contribution is 2.37. The summed E-state index contributed by atoms with van der Waals surface area (Å²) in [6.45, 7) is 10.0. The second kappa shape index (κ2) is 8.10. The van der Waals surface area contributed by atoms with Crippen LogP contribution in [0.1, 0.15) is 48.9 Å². The molecule has 4 heteroatoms. The van der Waals surface area contributed by atoms with Gasteiger partial charge in [-0.25, -0.2) is 4.90 Å². The number of amides is 2. The van der Waals surface area contributed by atoms with Gasteiger partial charge in [-0.15, -0.1) is 0 Å². The first-order valence-corrected chi connectivity index (χ1v) is 10.9. The van der Waals surface area contributed by atoms with Crippen LogP contribution < -0.4 is 4.90 Å². The van der Waals surface area contributed by atoms with Gasteiger partial charge in [-0.05, 0) is 67.9 Å². The van der Waals surface area contributed by atoms with Crippen molar-refractivity contribution >= 4 is 23.1 Å². The second-order valence-corrected chi connectivity index (χ2v) is 8.68. The summed E-state index contributed by atoms with van der Waals surface area (Å²) in [6.07, 6.45) is 3.00. The van der Waals surface area contributed by atoms with E-state index in [1.807, 2.05) is 50.2 Å². The Labute approximate surface area is 179 Å². The molecule has 2 aromatic carbocycles. The number of rotatable bonds is 4. The average molecular weight is 403 g/mol. The van der Waals surface area contributed by atoms with Crippen molar-refractivity contribution in [1.29, 1.82) is 0 Å². The molecule has 30 heavy (non-hydrogen) atoms. The Morgan fingerprint density at radius 1 is 0.933 bits per heavy atom. The highest BCUT2D eigenvalue weighted by Gasteiger charge is 2.43. The molecule has 4 rings (SSSR count). The third-order valence-corrected chi connectivity index (χ3v) is 6.41. The van der Waals surface area contributed by atoms with Crippen LogP contribution >= 0.6 is 0 Å². The normalized spacial score (nSPS) is 18.0. The van der Waals surface area contributed by atoms with E-state index in [9.17, 15) is 9.59 Å². The molecule has 0 unspecified atom stereocenters. The molecule has 0 radical (unpaired) electrons. The SMILES string of the molecule is CCc1ccc(N2C(=O)C(c3ccc(C)cc3C)=C(N3CCC(C)CC3)C2=O)cc1. The van der Waals surface area contributed by atoms with Gasteiger partial charge in [0.1, 0.15) is 5.70 Å². The lowest BCUT2D eigenvalue weighted by Crippen LogP contribution is -2.38. The summed E-state index contributed by atoms with van der Waals surface area (Å²) in [4.78, 5) is 30.8. The topological polar surface area (TPSA) is 40.6 Å². The van der Waals surface area contributed by atoms with Gasteiger partial charge in [0.15, 0.2) is 0 Å². The molecule has 0 aliphatic carbocycles. The van der Waals surface area contributed by atoms with Crippen molar-refractivity contribution in [2.75, 3.05) is 18.0 Å². The number of carbonyl (C=O) groups excluding carboxylic acids is 2. The van der Waals surface area contributed by atoms with Crippen LogP contribution in [-0.2, 0) is 16.0 Å². The van der Waals surface area contributed by atoms with Gasteiger partial charge in [-0.2, -0.15) is 0 Å². The lowest BCUT2D eigenvalue weighted by molar-refractivity contribution is -0.120. The number of hydrogen-bond donors (Lipinski definition) is 0. The smallest absolute Gasteiger partial charge is 0.282 e. The molecule has 2 amide bonds. The maximum atomic E-state index is 13.6. The van der Waals surface area contributed by atoms with E-state index < -0.39 is 0 Å². The highest BCUT2D eigenvalue weighted by atomic mass is 16.2. The number of likely N-dealkylation sites (tertiary alicyclic amines) is 1. The van der Waals surface area contributed by atoms with E-state index in [1.165, 1.54) is 10.5 Å². The van der Waals surface area contributed by atoms with Crippen LogP contribution in [0.25, 0.3) is 5.57 Å². The van der Waals surface area contributed by atoms with Gasteiger partial charge in [0.2, 0.25) is 0 Å². The van der Waals surface area contributed by atoms with Crippen molar-refractivity contribution < 1.29 is 9.59 Å². The van der Waals surface area contributed by atoms with E-state index in [0.29, 0.717) is 22.9 Å². The summed E-state index contributed by atoms with van der Waals surface area (Å²) in [5, 5.41) is 0. The number of imide groups is 1. The van der Waals surface area contributed by atoms with Gasteiger partial charge in [0.05, 0.1) is 11.3 Å². The van der Waals surface area contributed by atoms with E-state index in [-0.39, 0.29) is 11.8 Å². The zero-order valence-corrected chi connectivity index (χ0v) is 18.4. The highest BCUT2D eigenvalue weighted by molar-refractivity contribution is 6.45. The van der Waals surface area contributed by atoms with E-state index in [4.69, 9.17) is 0 Å². The molecule has 0 N–H and O–H groups in total. The molecule has 0 bridgehead atoms. The number of anilines is 1. The Morgan fingerprint density at radius 2 is 1.60 bits per heavy atom. The molecule has 4 nitrogen and oxygen atoms in total. The maximum absolute atomic E-state index is 13.6. The predicted molar refractivity (Wildman–Crippen MR) is 121 cm³/mol. The van der Waals surface area contributed by atoms with E-state index in [0.717, 1.165) is 49.0 Å². The second-order valence-electron chi connectivity index (χ2n) is 8.68. The number of nitrogens with zero attached hydrogens (tertiary/aromatic N) is 2. The van der Waals surface area contributed by atoms with Gasteiger partial charge in [-0.1, -0.05) is 49.7 Å². The largest absolute Gasteiger partial charge is 0.366 e. The van der Waals surface area contributed by atoms with Gasteiger partial charge in [-0.3, -0.25) is 9.59 Å². The summed E-state index contributed by atoms with van der Waals surface area (Å²) in [5.74, 6) is 0.231. The Kier molecular flexibility index (Phi) is 5.50. The van der Waals surface area contributed by atoms with E-state index >= 15 is 0 Å². The third kappa shape index (κ3) is 3.55. The zero-order chi connectivity index (χ0) is 21.4. The number of aryl methyl sites for hydroxylation is 3. The van der Waals surface area contributed by atoms with Crippen molar-refractivity contribution in [2.45, 2.75) is 47.0 Å². The Bertz CT molecular complexity index is 1010. The van der Waals surface area contributed by atoms with E-state index in [1.54, 1.807) is 0 Å². The lowest BCUT2D eigenvalue weighted by Gasteiger charge is -2.32. The third-order valence-electron chi connectivity index (χ3n) is 6.41. The van der Waals surface area contributed by atoms with Crippen LogP contribution in [0.4, 0.5) is 5.69 Å². The van der Waals surface area contributed by atoms with Crippen LogP contribution in [0, 0.1) is 19.8 Å². The fraction of sp³-hybridized carbons (Fsp3) is 0.385. The number of piperidine rings is 1. The predicted octanol–water partition coefficient (Wildman–Crippen LogP) is 4.88. The first-order chi connectivity index (χ1) is 14.4. The molecule has 156 valence electrons. The summed E-state index contributed by atoms with van der Waals surface area (Å²) in [6, 6.07) is 13.8. The van der Waals surface area contributed by atoms with Gasteiger partial charge >= 0.3 is 0 Å². The van der Waals surface area contributed by atoms with Crippen LogP contribution in [0.5, 0.6) is 0 Å². The molecule has 2 aliphatic heterocycles. The molecule has 1 saturated heterocycles. The van der Waals surface area contributed by atoms with Crippen LogP contribution in [0.2, 0.25) is 0 Å². The van der Waals surface area contributed by atoms with Gasteiger partial charge < -0.3 is 4.90 Å². The van der Waals surface area contributed by atoms with Gasteiger partial charge in [0, 0.05) is 13.1 Å². The zero-order valence-electron chi connectivity index (χ0n) is 18.4. The first kappa shape index (κ1) is 20.4. The minimum absolute atomic E-state index is 0.200. The molecule has 1 fully saturated rings. The van der Waals surface area contributed by atoms with Crippen LogP contribution in [0.3, 0.4) is 0 Å². The summed E-state index contributed by atoms with van der Waals surface area (Å²) in [7, 11) is 0. The van der Waals surface area contributed by atoms with Crippen LogP contribution in [-0.4, -0.2) is 29.8 Å². The van der Waals surface area contributed by atoms with Crippen molar-refractivity contribution in [3.63, 3.8) is 0 Å². The lowest BCUT2D eigenvalue weighted by atomic mass is 9.95. The maximum Gasteiger partial charge on any atom is 0.282 e. The quantitative estimate of drug-likeness (QED) is 0.684. The fourth-order valence-electron chi connectivity index (χ4n) is 4.50. The van der Waals surface area contributed by atoms with Crippen molar-refractivity contribution in [3.05, 3.63) is 70.4 Å². The first-order valence-electron chi connectivity index (χ1n) is 10.9. The van der Waals surface area contributed by atoms with Crippen molar-refractivity contribution in [3.8, 4) is 0 Å². The molecule has 0 atom stereocenters. The molecule has 2 aliphatic rings. The summed E-state index contributed by atoms with van der Waals surface area (Å²) < 4.78 is 0. The Balaban J connectivity index is 1.81. The minimum atomic E-state index is -0.218. The molecule has 2 aromatic rings. The van der Waals surface area contributed by atoms with E-state index in [2.05, 4.69) is 24.8 Å². The molecule has 0 saturated carbocycles. The van der Waals surface area contributed by atoms with Gasteiger partial charge in [0.25, 0.3) is 11.8 Å². The molecular formula is C26H30N2O2. The number of hydrogen-bond acceptors (Lipinski definition) is 3. The number of carbonyl (C=O) groups is 2. The van der Waals surface area contributed by atoms with Crippen LogP contribution in [0.15, 0.2) is 48.2 Å². The average Bonchev–Trinajstić information content (AvgIpc) is 2.99. The Hall–Kier alpha value is -2.88. The number of benzene rings is 2. The van der Waals surface area contributed by atoms with Crippen molar-refractivity contribution in [1.82, 2.24) is 4.90 Å². The molecule has 2 heterocycles. The molecule has 0 spiro atoms. The molecular weight excluding hydrogens is 372 g/mol. The Morgan fingerprint density at radius 3 is 2.20 bits per heavy atom. The summed E-state index contributed by atoms with van der Waals surface area (Å²) >= 11 is 0. The molecule has 0 aromatic heterocycles. The standard InChI is InChI=1S/C26H30N2O2/c1-5-20-7-9-21(10-8-20)28-25(29)23(22-11-6-18(3)16-19(22)4)24(26(28)30)27-14-12-17(2)13-15-27/h6-11,16-17H,5,12-15H2,1-4H3.